The molecule has 0 saturated heterocycles. The Morgan fingerprint density at radius 2 is 0.829 bits per heavy atom. The summed E-state index contributed by atoms with van der Waals surface area (Å²) in [5.74, 6) is 0. The first-order chi connectivity index (χ1) is 15.8. The molecule has 0 bridgehead atoms. The number of hydrogen-bond donors (Lipinski definition) is 0. The van der Waals surface area contributed by atoms with Gasteiger partial charge >= 0.3 is 0 Å². The quantitative estimate of drug-likeness (QED) is 0.387. The summed E-state index contributed by atoms with van der Waals surface area (Å²) in [7, 11) is 0. The van der Waals surface area contributed by atoms with Crippen LogP contribution in [0.25, 0.3) is 11.1 Å². The zero-order chi connectivity index (χ0) is 26.8. The van der Waals surface area contributed by atoms with E-state index in [4.69, 9.17) is 0 Å². The lowest BCUT2D eigenvalue weighted by atomic mass is 9.31. The summed E-state index contributed by atoms with van der Waals surface area (Å²) in [4.78, 5) is 0. The van der Waals surface area contributed by atoms with Crippen LogP contribution in [0.3, 0.4) is 0 Å². The van der Waals surface area contributed by atoms with Gasteiger partial charge in [0.05, 0.1) is 0 Å². The lowest BCUT2D eigenvalue weighted by molar-refractivity contribution is -0.171. The molecule has 0 heterocycles. The average molecular weight is 473 g/mol. The first kappa shape index (κ1) is 26.5. The molecule has 2 aromatic rings. The van der Waals surface area contributed by atoms with Gasteiger partial charge < -0.3 is 0 Å². The third-order valence-electron chi connectivity index (χ3n) is 13.1. The molecule has 0 amide bonds. The Kier molecular flexibility index (Phi) is 5.50. The molecule has 1 unspecified atom stereocenters. The highest BCUT2D eigenvalue weighted by Crippen LogP contribution is 2.79. The van der Waals surface area contributed by atoms with Gasteiger partial charge in [-0.1, -0.05) is 61.8 Å². The van der Waals surface area contributed by atoms with Crippen molar-refractivity contribution in [2.24, 2.45) is 21.7 Å². The van der Waals surface area contributed by atoms with Crippen LogP contribution >= 0.6 is 0 Å². The minimum Gasteiger partial charge on any atom is -0.0648 e. The molecule has 0 radical (unpaired) electrons. The second-order valence-electron chi connectivity index (χ2n) is 14.5. The molecule has 1 atom stereocenters. The Bertz CT molecular complexity index is 1190. The van der Waals surface area contributed by atoms with Gasteiger partial charge in [-0.2, -0.15) is 0 Å². The Morgan fingerprint density at radius 1 is 0.486 bits per heavy atom. The monoisotopic (exact) mass is 472 g/mol. The zero-order valence-corrected chi connectivity index (χ0v) is 25.9. The maximum Gasteiger partial charge on any atom is 0.0332 e. The van der Waals surface area contributed by atoms with Crippen molar-refractivity contribution < 1.29 is 0 Å². The Labute approximate surface area is 217 Å². The molecule has 1 saturated carbocycles. The van der Waals surface area contributed by atoms with Crippen molar-refractivity contribution >= 4 is 0 Å². The second-order valence-corrected chi connectivity index (χ2v) is 14.5. The predicted octanol–water partition coefficient (Wildman–Crippen LogP) is 10.3. The molecule has 0 aromatic heterocycles. The summed E-state index contributed by atoms with van der Waals surface area (Å²) >= 11 is 0. The molecule has 1 spiro atoms. The van der Waals surface area contributed by atoms with Crippen molar-refractivity contribution in [3.05, 3.63) is 55.6 Å². The summed E-state index contributed by atoms with van der Waals surface area (Å²) in [6.07, 6.45) is 2.46. The molecule has 2 aliphatic rings. The Morgan fingerprint density at radius 3 is 1.17 bits per heavy atom. The molecule has 0 aliphatic heterocycles. The Balaban J connectivity index is 2.46. The van der Waals surface area contributed by atoms with Crippen LogP contribution in [-0.2, 0) is 5.41 Å². The SMILES string of the molecule is CCC1(C)CC(C)(C)C(C)(C)C2(c3c(C)c(C)c(C)c(C)c3-c3c(C)c(C)c(C)c(C)c32)C1(C)C. The zero-order valence-electron chi connectivity index (χ0n) is 25.9. The van der Waals surface area contributed by atoms with E-state index in [0.29, 0.717) is 0 Å². The highest BCUT2D eigenvalue weighted by molar-refractivity contribution is 5.91. The fourth-order valence-corrected chi connectivity index (χ4v) is 9.29. The van der Waals surface area contributed by atoms with Crippen molar-refractivity contribution in [1.82, 2.24) is 0 Å². The van der Waals surface area contributed by atoms with Crippen LogP contribution in [-0.4, -0.2) is 0 Å². The smallest absolute Gasteiger partial charge is 0.0332 e. The van der Waals surface area contributed by atoms with Gasteiger partial charge in [0.2, 0.25) is 0 Å². The normalized spacial score (nSPS) is 25.0. The summed E-state index contributed by atoms with van der Waals surface area (Å²) < 4.78 is 0. The maximum absolute atomic E-state index is 2.64. The Hall–Kier alpha value is -1.56. The predicted molar refractivity (Wildman–Crippen MR) is 155 cm³/mol. The van der Waals surface area contributed by atoms with Crippen molar-refractivity contribution in [3.8, 4) is 11.1 Å². The fraction of sp³-hybridized carbons (Fsp3) is 0.657. The van der Waals surface area contributed by atoms with Crippen molar-refractivity contribution in [1.29, 1.82) is 0 Å². The van der Waals surface area contributed by atoms with Crippen LogP contribution in [0.5, 0.6) is 0 Å². The summed E-state index contributed by atoms with van der Waals surface area (Å²) in [5, 5.41) is 0. The summed E-state index contributed by atoms with van der Waals surface area (Å²) in [6, 6.07) is 0. The fourth-order valence-electron chi connectivity index (χ4n) is 9.29. The van der Waals surface area contributed by atoms with E-state index < -0.39 is 0 Å². The molecule has 0 N–H and O–H groups in total. The standard InChI is InChI=1S/C35H52/c1-17-34(16)18-31(10,11)32(12,13)35(33(34,14)15)29-25(8)21(4)19(2)23(6)27(29)28-24(7)20(3)22(5)26(9)30(28)35/h17-18H2,1-16H3. The van der Waals surface area contributed by atoms with Crippen LogP contribution < -0.4 is 0 Å². The molecule has 35 heavy (non-hydrogen) atoms. The van der Waals surface area contributed by atoms with Crippen molar-refractivity contribution in [2.75, 3.05) is 0 Å². The van der Waals surface area contributed by atoms with Crippen molar-refractivity contribution in [3.63, 3.8) is 0 Å². The topological polar surface area (TPSA) is 0 Å². The molecule has 4 rings (SSSR count). The van der Waals surface area contributed by atoms with Gasteiger partial charge in [-0.05, 0) is 150 Å². The van der Waals surface area contributed by atoms with Crippen LogP contribution in [0, 0.1) is 77.0 Å². The van der Waals surface area contributed by atoms with Crippen molar-refractivity contribution in [2.45, 2.75) is 129 Å². The minimum atomic E-state index is -0.0716. The molecule has 2 aliphatic carbocycles. The maximum atomic E-state index is 2.64. The number of fused-ring (bicyclic) bond motifs is 5. The lowest BCUT2D eigenvalue weighted by Crippen LogP contribution is -2.68. The van der Waals surface area contributed by atoms with Gasteiger partial charge in [-0.3, -0.25) is 0 Å². The molecular weight excluding hydrogens is 420 g/mol. The van der Waals surface area contributed by atoms with E-state index in [9.17, 15) is 0 Å². The van der Waals surface area contributed by atoms with E-state index in [0.717, 1.165) is 0 Å². The van der Waals surface area contributed by atoms with Crippen LogP contribution in [0.2, 0.25) is 0 Å². The van der Waals surface area contributed by atoms with Crippen LogP contribution in [0.15, 0.2) is 0 Å². The molecular formula is C35H52. The summed E-state index contributed by atoms with van der Waals surface area (Å²) in [6.45, 7) is 39.8. The number of benzene rings is 2. The van der Waals surface area contributed by atoms with Gasteiger partial charge in [0.1, 0.15) is 0 Å². The van der Waals surface area contributed by atoms with Gasteiger partial charge in [-0.15, -0.1) is 0 Å². The number of rotatable bonds is 1. The minimum absolute atomic E-state index is 0.0655. The molecule has 2 aromatic carbocycles. The third-order valence-corrected chi connectivity index (χ3v) is 13.1. The van der Waals surface area contributed by atoms with E-state index in [2.05, 4.69) is 111 Å². The first-order valence-corrected chi connectivity index (χ1v) is 14.0. The largest absolute Gasteiger partial charge is 0.0648 e. The van der Waals surface area contributed by atoms with Gasteiger partial charge in [-0.25, -0.2) is 0 Å². The molecule has 0 heteroatoms. The van der Waals surface area contributed by atoms with Crippen LogP contribution in [0.1, 0.15) is 124 Å². The number of hydrogen-bond acceptors (Lipinski definition) is 0. The van der Waals surface area contributed by atoms with E-state index in [1.54, 1.807) is 22.3 Å². The van der Waals surface area contributed by atoms with Crippen LogP contribution in [0.4, 0.5) is 0 Å². The van der Waals surface area contributed by atoms with Gasteiger partial charge in [0.15, 0.2) is 0 Å². The highest BCUT2D eigenvalue weighted by Gasteiger charge is 2.73. The average Bonchev–Trinajstić information content (AvgIpc) is 3.11. The van der Waals surface area contributed by atoms with E-state index >= 15 is 0 Å². The summed E-state index contributed by atoms with van der Waals surface area (Å²) in [5.41, 5.74) is 18.9. The van der Waals surface area contributed by atoms with E-state index in [1.807, 2.05) is 0 Å². The first-order valence-electron chi connectivity index (χ1n) is 14.0. The van der Waals surface area contributed by atoms with Gasteiger partial charge in [0, 0.05) is 5.41 Å². The third kappa shape index (κ3) is 2.60. The lowest BCUT2D eigenvalue weighted by Gasteiger charge is -2.72. The van der Waals surface area contributed by atoms with Gasteiger partial charge in [0.25, 0.3) is 0 Å². The van der Waals surface area contributed by atoms with E-state index in [-0.39, 0.29) is 27.1 Å². The molecule has 192 valence electrons. The molecule has 1 fully saturated rings. The highest BCUT2D eigenvalue weighted by atomic mass is 14.8. The molecule has 0 nitrogen and oxygen atoms in total. The second kappa shape index (κ2) is 7.26. The van der Waals surface area contributed by atoms with E-state index in [1.165, 1.54) is 57.3 Å².